The van der Waals surface area contributed by atoms with Crippen molar-refractivity contribution in [1.29, 1.82) is 0 Å². The van der Waals surface area contributed by atoms with E-state index in [1.165, 1.54) is 0 Å². The zero-order valence-corrected chi connectivity index (χ0v) is 45.6. The van der Waals surface area contributed by atoms with E-state index < -0.39 is 0 Å². The molecule has 0 radical (unpaired) electrons. The third-order valence-corrected chi connectivity index (χ3v) is 15.0. The Hall–Kier alpha value is -11.4. The monoisotopic (exact) mass is 1070 g/mol. The molecule has 0 aliphatic heterocycles. The Morgan fingerprint density at radius 1 is 0.143 bits per heavy atom. The highest BCUT2D eigenvalue weighted by Gasteiger charge is 2.23. The first-order valence-corrected chi connectivity index (χ1v) is 28.0. The van der Waals surface area contributed by atoms with Crippen molar-refractivity contribution >= 4 is 0 Å². The maximum absolute atomic E-state index is 5.41. The van der Waals surface area contributed by atoms with Crippen LogP contribution < -0.4 is 0 Å². The number of aromatic nitrogens is 7. The van der Waals surface area contributed by atoms with Crippen molar-refractivity contribution in [2.24, 2.45) is 0 Å². The first-order chi connectivity index (χ1) is 41.6. The van der Waals surface area contributed by atoms with E-state index in [1.54, 1.807) is 0 Å². The Morgan fingerprint density at radius 3 is 0.893 bits per heavy atom. The van der Waals surface area contributed by atoms with Crippen molar-refractivity contribution in [3.05, 3.63) is 309 Å². The van der Waals surface area contributed by atoms with Crippen LogP contribution in [0, 0.1) is 0 Å². The van der Waals surface area contributed by atoms with Crippen LogP contribution in [-0.4, -0.2) is 34.9 Å². The van der Waals surface area contributed by atoms with Crippen LogP contribution in [0.15, 0.2) is 309 Å². The van der Waals surface area contributed by atoms with E-state index >= 15 is 0 Å². The average Bonchev–Trinajstić information content (AvgIpc) is 3.13. The molecule has 0 N–H and O–H groups in total. The van der Waals surface area contributed by atoms with E-state index in [0.29, 0.717) is 29.1 Å². The number of nitrogens with zero attached hydrogens (tertiary/aromatic N) is 7. The second-order valence-electron chi connectivity index (χ2n) is 20.4. The van der Waals surface area contributed by atoms with Crippen molar-refractivity contribution in [2.45, 2.75) is 0 Å². The average molecular weight is 1070 g/mol. The standard InChI is InChI=1S/C77H51N7/c1-8-25-53(26-9-1)66-48-63(52-43-45-60(46-44-52)75-83-73(58-35-18-6-19-36-58)82-74(84-75)59-37-20-7-21-38-59)49-67(64-41-22-23-42-65(64)77-80-70(56-31-14-4-15-32-56)51-71(81-77)57-33-16-5-17-34-57)72(66)61-39-24-40-62(47-61)76-78-68(54-27-10-2-11-28-54)50-69(79-76)55-29-12-3-13-30-55/h1-51H. The third kappa shape index (κ3) is 10.6. The number of rotatable bonds is 13. The van der Waals surface area contributed by atoms with Gasteiger partial charge in [0.05, 0.1) is 22.8 Å². The highest BCUT2D eigenvalue weighted by molar-refractivity contribution is 6.01. The molecule has 0 aliphatic rings. The lowest BCUT2D eigenvalue weighted by molar-refractivity contribution is 1.07. The lowest BCUT2D eigenvalue weighted by Gasteiger charge is -2.21. The van der Waals surface area contributed by atoms with Crippen LogP contribution >= 0.6 is 0 Å². The van der Waals surface area contributed by atoms with E-state index in [2.05, 4.69) is 200 Å². The highest BCUT2D eigenvalue weighted by Crippen LogP contribution is 2.47. The predicted octanol–water partition coefficient (Wildman–Crippen LogP) is 19.1. The molecular weight excluding hydrogens is 1020 g/mol. The van der Waals surface area contributed by atoms with Crippen LogP contribution in [0.3, 0.4) is 0 Å². The van der Waals surface area contributed by atoms with Gasteiger partial charge in [-0.25, -0.2) is 34.9 Å². The van der Waals surface area contributed by atoms with Crippen molar-refractivity contribution in [3.63, 3.8) is 0 Å². The molecule has 14 rings (SSSR count). The Morgan fingerprint density at radius 2 is 0.452 bits per heavy atom. The topological polar surface area (TPSA) is 90.2 Å². The summed E-state index contributed by atoms with van der Waals surface area (Å²) in [4.78, 5) is 36.5. The molecule has 0 aliphatic carbocycles. The van der Waals surface area contributed by atoms with E-state index in [0.717, 1.165) is 117 Å². The molecule has 0 bridgehead atoms. The molecule has 0 fully saturated rings. The molecule has 3 heterocycles. The fourth-order valence-corrected chi connectivity index (χ4v) is 10.8. The van der Waals surface area contributed by atoms with Gasteiger partial charge in [0.2, 0.25) is 0 Å². The molecule has 394 valence electrons. The van der Waals surface area contributed by atoms with Gasteiger partial charge in [0, 0.05) is 50.1 Å². The van der Waals surface area contributed by atoms with Gasteiger partial charge in [-0.05, 0) is 74.8 Å². The fraction of sp³-hybridized carbons (Fsp3) is 0. The van der Waals surface area contributed by atoms with Gasteiger partial charge in [-0.15, -0.1) is 0 Å². The van der Waals surface area contributed by atoms with Gasteiger partial charge in [0.15, 0.2) is 29.1 Å². The first kappa shape index (κ1) is 50.8. The molecule has 0 unspecified atom stereocenters. The van der Waals surface area contributed by atoms with E-state index in [4.69, 9.17) is 34.9 Å². The van der Waals surface area contributed by atoms with Gasteiger partial charge in [-0.1, -0.05) is 279 Å². The number of hydrogen-bond acceptors (Lipinski definition) is 7. The largest absolute Gasteiger partial charge is 0.228 e. The fourth-order valence-electron chi connectivity index (χ4n) is 10.8. The van der Waals surface area contributed by atoms with Gasteiger partial charge in [-0.2, -0.15) is 0 Å². The van der Waals surface area contributed by atoms with E-state index in [-0.39, 0.29) is 0 Å². The summed E-state index contributed by atoms with van der Waals surface area (Å²) in [5, 5.41) is 0. The van der Waals surface area contributed by atoms with Crippen molar-refractivity contribution < 1.29 is 0 Å². The first-order valence-electron chi connectivity index (χ1n) is 28.0. The minimum absolute atomic E-state index is 0.589. The van der Waals surface area contributed by atoms with Crippen LogP contribution in [0.1, 0.15) is 0 Å². The summed E-state index contributed by atoms with van der Waals surface area (Å²) in [5.41, 5.74) is 20.0. The molecule has 0 spiro atoms. The molecule has 3 aromatic heterocycles. The maximum Gasteiger partial charge on any atom is 0.164 e. The smallest absolute Gasteiger partial charge is 0.164 e. The molecule has 11 aromatic carbocycles. The van der Waals surface area contributed by atoms with Crippen LogP contribution in [0.25, 0.3) is 146 Å². The summed E-state index contributed by atoms with van der Waals surface area (Å²) in [5.74, 6) is 3.05. The molecule has 0 saturated heterocycles. The Bertz CT molecular complexity index is 4430. The molecule has 0 saturated carbocycles. The zero-order valence-electron chi connectivity index (χ0n) is 45.6. The summed E-state index contributed by atoms with van der Waals surface area (Å²) >= 11 is 0. The molecule has 7 heteroatoms. The summed E-state index contributed by atoms with van der Waals surface area (Å²) in [6, 6.07) is 107. The van der Waals surface area contributed by atoms with Crippen molar-refractivity contribution in [1.82, 2.24) is 34.9 Å². The summed E-state index contributed by atoms with van der Waals surface area (Å²) in [6.45, 7) is 0. The van der Waals surface area contributed by atoms with Gasteiger partial charge in [0.1, 0.15) is 0 Å². The molecule has 14 aromatic rings. The van der Waals surface area contributed by atoms with Gasteiger partial charge < -0.3 is 0 Å². The molecule has 7 nitrogen and oxygen atoms in total. The Kier molecular flexibility index (Phi) is 13.9. The highest BCUT2D eigenvalue weighted by atomic mass is 15.0. The summed E-state index contributed by atoms with van der Waals surface area (Å²) in [6.07, 6.45) is 0. The van der Waals surface area contributed by atoms with Gasteiger partial charge >= 0.3 is 0 Å². The molecule has 0 atom stereocenters. The SMILES string of the molecule is c1ccc(-c2cc(-c3ccccc3)nc(-c3cccc(-c4c(-c5ccccc5)cc(-c5ccc(-c6nc(-c7ccccc7)nc(-c7ccccc7)n6)cc5)cc4-c4ccccc4-c4nc(-c5ccccc5)cc(-c5ccccc5)n4)c3)n2)cc1. The minimum Gasteiger partial charge on any atom is -0.228 e. The molecule has 0 amide bonds. The Balaban J connectivity index is 0.986. The van der Waals surface area contributed by atoms with Crippen LogP contribution in [0.5, 0.6) is 0 Å². The molecule has 84 heavy (non-hydrogen) atoms. The van der Waals surface area contributed by atoms with Gasteiger partial charge in [-0.3, -0.25) is 0 Å². The second kappa shape index (κ2) is 23.0. The third-order valence-electron chi connectivity index (χ3n) is 15.0. The normalized spacial score (nSPS) is 11.1. The molecular formula is C77H51N7. The van der Waals surface area contributed by atoms with Crippen LogP contribution in [0.2, 0.25) is 0 Å². The minimum atomic E-state index is 0.589. The lowest BCUT2D eigenvalue weighted by atomic mass is 9.83. The number of hydrogen-bond donors (Lipinski definition) is 0. The van der Waals surface area contributed by atoms with Gasteiger partial charge in [0.25, 0.3) is 0 Å². The Labute approximate surface area is 488 Å². The number of benzene rings is 11. The maximum atomic E-state index is 5.41. The predicted molar refractivity (Wildman–Crippen MR) is 342 cm³/mol. The summed E-state index contributed by atoms with van der Waals surface area (Å²) in [7, 11) is 0. The van der Waals surface area contributed by atoms with Crippen molar-refractivity contribution in [3.8, 4) is 146 Å². The van der Waals surface area contributed by atoms with E-state index in [9.17, 15) is 0 Å². The van der Waals surface area contributed by atoms with Crippen LogP contribution in [-0.2, 0) is 0 Å². The van der Waals surface area contributed by atoms with Crippen molar-refractivity contribution in [2.75, 3.05) is 0 Å². The second-order valence-corrected chi connectivity index (χ2v) is 20.4. The lowest BCUT2D eigenvalue weighted by Crippen LogP contribution is -2.00. The summed E-state index contributed by atoms with van der Waals surface area (Å²) < 4.78 is 0. The quantitative estimate of drug-likeness (QED) is 0.114. The van der Waals surface area contributed by atoms with Crippen LogP contribution in [0.4, 0.5) is 0 Å². The van der Waals surface area contributed by atoms with E-state index in [1.807, 2.05) is 109 Å². The zero-order chi connectivity index (χ0) is 56.0.